The molecule has 2 heterocycles. The van der Waals surface area contributed by atoms with Crippen molar-refractivity contribution in [3.05, 3.63) is 53.2 Å². The molecule has 2 aromatic heterocycles. The minimum atomic E-state index is -4.80. The summed E-state index contributed by atoms with van der Waals surface area (Å²) >= 11 is 0. The lowest BCUT2D eigenvalue weighted by Gasteiger charge is -2.31. The molecule has 6 nitrogen and oxygen atoms in total. The first-order chi connectivity index (χ1) is 12.5. The Bertz CT molecular complexity index is 978. The van der Waals surface area contributed by atoms with Gasteiger partial charge in [-0.2, -0.15) is 27.8 Å². The van der Waals surface area contributed by atoms with Crippen LogP contribution in [0.3, 0.4) is 0 Å². The van der Waals surface area contributed by atoms with Gasteiger partial charge in [0, 0.05) is 11.8 Å². The van der Waals surface area contributed by atoms with E-state index in [1.165, 1.54) is 24.7 Å². The predicted molar refractivity (Wildman–Crippen MR) is 89.6 cm³/mol. The molecule has 0 unspecified atom stereocenters. The Morgan fingerprint density at radius 2 is 1.89 bits per heavy atom. The molecule has 0 fully saturated rings. The second-order valence-electron chi connectivity index (χ2n) is 6.72. The van der Waals surface area contributed by atoms with E-state index in [2.05, 4.69) is 20.4 Å². The molecule has 0 bridgehead atoms. The Morgan fingerprint density at radius 1 is 1.19 bits per heavy atom. The van der Waals surface area contributed by atoms with Crippen LogP contribution in [0.15, 0.2) is 30.6 Å². The zero-order valence-electron chi connectivity index (χ0n) is 14.7. The Morgan fingerprint density at radius 3 is 2.48 bits per heavy atom. The van der Waals surface area contributed by atoms with E-state index in [0.29, 0.717) is 23.4 Å². The molecule has 0 aliphatic carbocycles. The van der Waals surface area contributed by atoms with Gasteiger partial charge in [-0.15, -0.1) is 0 Å². The molecule has 1 aromatic carbocycles. The van der Waals surface area contributed by atoms with Crippen molar-refractivity contribution in [3.8, 4) is 0 Å². The normalized spacial score (nSPS) is 13.8. The van der Waals surface area contributed by atoms with Gasteiger partial charge < -0.3 is 10.4 Å². The molecule has 0 radical (unpaired) electrons. The summed E-state index contributed by atoms with van der Waals surface area (Å²) in [5.41, 5.74) is -2.03. The van der Waals surface area contributed by atoms with Gasteiger partial charge in [-0.05, 0) is 38.5 Å². The summed E-state index contributed by atoms with van der Waals surface area (Å²) in [6, 6.07) is 3.28. The van der Waals surface area contributed by atoms with Crippen LogP contribution < -0.4 is 5.32 Å². The van der Waals surface area contributed by atoms with Crippen LogP contribution in [0.25, 0.3) is 5.78 Å². The smallest absolute Gasteiger partial charge is 0.388 e. The van der Waals surface area contributed by atoms with Crippen molar-refractivity contribution in [2.75, 3.05) is 5.32 Å². The van der Waals surface area contributed by atoms with Gasteiger partial charge in [-0.25, -0.2) is 9.37 Å². The number of aliphatic hydroxyl groups is 1. The molecule has 144 valence electrons. The van der Waals surface area contributed by atoms with Crippen LogP contribution in [0.1, 0.15) is 36.7 Å². The summed E-state index contributed by atoms with van der Waals surface area (Å²) in [5.74, 6) is -0.694. The predicted octanol–water partition coefficient (Wildman–Crippen LogP) is 3.51. The maximum atomic E-state index is 14.0. The SMILES string of the molecule is Cc1cc(N[C@@H](c2ccc(C(F)(F)F)c(F)c2)C(C)(C)O)n2ncnc2n1. The first kappa shape index (κ1) is 19.0. The Balaban J connectivity index is 2.05. The molecule has 3 aromatic rings. The Kier molecular flexibility index (Phi) is 4.54. The van der Waals surface area contributed by atoms with Gasteiger partial charge in [0.15, 0.2) is 0 Å². The molecule has 27 heavy (non-hydrogen) atoms. The van der Waals surface area contributed by atoms with E-state index in [0.717, 1.165) is 12.1 Å². The number of hydrogen-bond donors (Lipinski definition) is 2. The van der Waals surface area contributed by atoms with Crippen LogP contribution in [0.2, 0.25) is 0 Å². The highest BCUT2D eigenvalue weighted by atomic mass is 19.4. The van der Waals surface area contributed by atoms with Crippen molar-refractivity contribution in [3.63, 3.8) is 0 Å². The van der Waals surface area contributed by atoms with E-state index in [-0.39, 0.29) is 5.56 Å². The molecule has 0 amide bonds. The summed E-state index contributed by atoms with van der Waals surface area (Å²) in [6.45, 7) is 4.66. The minimum absolute atomic E-state index is 0.149. The van der Waals surface area contributed by atoms with Gasteiger partial charge in [-0.1, -0.05) is 6.07 Å². The monoisotopic (exact) mass is 383 g/mol. The molecule has 0 saturated heterocycles. The Hall–Kier alpha value is -2.75. The number of aromatic nitrogens is 4. The van der Waals surface area contributed by atoms with Crippen LogP contribution in [0.4, 0.5) is 23.4 Å². The lowest BCUT2D eigenvalue weighted by atomic mass is 9.91. The third kappa shape index (κ3) is 3.85. The van der Waals surface area contributed by atoms with E-state index < -0.39 is 29.2 Å². The highest BCUT2D eigenvalue weighted by molar-refractivity contribution is 5.47. The number of alkyl halides is 3. The first-order valence-corrected chi connectivity index (χ1v) is 8.00. The number of halogens is 4. The van der Waals surface area contributed by atoms with Crippen molar-refractivity contribution < 1.29 is 22.7 Å². The van der Waals surface area contributed by atoms with E-state index in [1.807, 2.05) is 0 Å². The largest absolute Gasteiger partial charge is 0.419 e. The maximum absolute atomic E-state index is 14.0. The molecular weight excluding hydrogens is 366 g/mol. The summed E-state index contributed by atoms with van der Waals surface area (Å²) in [6.07, 6.45) is -3.50. The first-order valence-electron chi connectivity index (χ1n) is 8.00. The molecule has 2 N–H and O–H groups in total. The van der Waals surface area contributed by atoms with Crippen LogP contribution in [-0.4, -0.2) is 30.3 Å². The number of rotatable bonds is 4. The highest BCUT2D eigenvalue weighted by Gasteiger charge is 2.36. The molecular formula is C17H17F4N5O. The van der Waals surface area contributed by atoms with E-state index in [1.54, 1.807) is 13.0 Å². The van der Waals surface area contributed by atoms with E-state index >= 15 is 0 Å². The average Bonchev–Trinajstić information content (AvgIpc) is 2.98. The van der Waals surface area contributed by atoms with E-state index in [9.17, 15) is 22.7 Å². The lowest BCUT2D eigenvalue weighted by Crippen LogP contribution is -2.35. The number of hydrogen-bond acceptors (Lipinski definition) is 5. The van der Waals surface area contributed by atoms with Gasteiger partial charge in [0.2, 0.25) is 0 Å². The third-order valence-corrected chi connectivity index (χ3v) is 4.01. The molecule has 0 saturated carbocycles. The molecule has 0 aliphatic rings. The Labute approximate surface area is 151 Å². The average molecular weight is 383 g/mol. The van der Waals surface area contributed by atoms with Gasteiger partial charge in [-0.3, -0.25) is 0 Å². The second kappa shape index (κ2) is 6.45. The van der Waals surface area contributed by atoms with Crippen molar-refractivity contribution in [2.24, 2.45) is 0 Å². The fraction of sp³-hybridized carbons (Fsp3) is 0.353. The summed E-state index contributed by atoms with van der Waals surface area (Å²) in [4.78, 5) is 8.18. The van der Waals surface area contributed by atoms with Gasteiger partial charge in [0.05, 0.1) is 17.2 Å². The molecule has 1 atom stereocenters. The van der Waals surface area contributed by atoms with Crippen LogP contribution >= 0.6 is 0 Å². The van der Waals surface area contributed by atoms with Crippen molar-refractivity contribution >= 4 is 11.6 Å². The highest BCUT2D eigenvalue weighted by Crippen LogP contribution is 2.35. The minimum Gasteiger partial charge on any atom is -0.388 e. The van der Waals surface area contributed by atoms with Gasteiger partial charge >= 0.3 is 6.18 Å². The second-order valence-corrected chi connectivity index (χ2v) is 6.72. The van der Waals surface area contributed by atoms with Crippen molar-refractivity contribution in [2.45, 2.75) is 38.6 Å². The zero-order chi connectivity index (χ0) is 20.0. The molecule has 0 aliphatic heterocycles. The number of nitrogens with zero attached hydrogens (tertiary/aromatic N) is 4. The lowest BCUT2D eigenvalue weighted by molar-refractivity contribution is -0.140. The molecule has 0 spiro atoms. The number of aryl methyl sites for hydroxylation is 1. The molecule has 3 rings (SSSR count). The summed E-state index contributed by atoms with van der Waals surface area (Å²) in [5, 5.41) is 17.6. The van der Waals surface area contributed by atoms with Gasteiger partial charge in [0.1, 0.15) is 18.0 Å². The fourth-order valence-corrected chi connectivity index (χ4v) is 2.79. The maximum Gasteiger partial charge on any atom is 0.419 e. The number of benzene rings is 1. The van der Waals surface area contributed by atoms with Crippen molar-refractivity contribution in [1.82, 2.24) is 19.6 Å². The topological polar surface area (TPSA) is 75.3 Å². The van der Waals surface area contributed by atoms with Crippen LogP contribution in [0, 0.1) is 12.7 Å². The fourth-order valence-electron chi connectivity index (χ4n) is 2.79. The van der Waals surface area contributed by atoms with Crippen LogP contribution in [-0.2, 0) is 6.18 Å². The molecule has 10 heteroatoms. The van der Waals surface area contributed by atoms with Crippen molar-refractivity contribution in [1.29, 1.82) is 0 Å². The number of anilines is 1. The number of fused-ring (bicyclic) bond motifs is 1. The van der Waals surface area contributed by atoms with Gasteiger partial charge in [0.25, 0.3) is 5.78 Å². The standard InChI is InChI=1S/C17H17F4N5O/c1-9-6-13(26-15(24-9)22-8-23-26)25-14(16(2,3)27)10-4-5-11(12(18)7-10)17(19,20)21/h4-8,14,25,27H,1-3H3/t14-/m0/s1. The van der Waals surface area contributed by atoms with E-state index in [4.69, 9.17) is 0 Å². The summed E-state index contributed by atoms with van der Waals surface area (Å²) < 4.78 is 53.9. The zero-order valence-corrected chi connectivity index (χ0v) is 14.7. The third-order valence-electron chi connectivity index (χ3n) is 4.01. The number of nitrogens with one attached hydrogen (secondary N) is 1. The van der Waals surface area contributed by atoms with Crippen LogP contribution in [0.5, 0.6) is 0 Å². The summed E-state index contributed by atoms with van der Waals surface area (Å²) in [7, 11) is 0. The quantitative estimate of drug-likeness (QED) is 0.675.